The van der Waals surface area contributed by atoms with Crippen LogP contribution in [0, 0.1) is 0 Å². The van der Waals surface area contributed by atoms with Crippen LogP contribution in [0.15, 0.2) is 28.7 Å². The first-order valence-corrected chi connectivity index (χ1v) is 7.83. The fourth-order valence-corrected chi connectivity index (χ4v) is 2.95. The summed E-state index contributed by atoms with van der Waals surface area (Å²) in [5.41, 5.74) is 0. The highest BCUT2D eigenvalue weighted by Crippen LogP contribution is 2.41. The Morgan fingerprint density at radius 1 is 1.45 bits per heavy atom. The number of carbonyl (C=O) groups is 1. The average Bonchev–Trinajstić information content (AvgIpc) is 3.18. The topological polar surface area (TPSA) is 64.1 Å². The summed E-state index contributed by atoms with van der Waals surface area (Å²) in [5, 5.41) is 12.3. The summed E-state index contributed by atoms with van der Waals surface area (Å²) in [7, 11) is 0. The van der Waals surface area contributed by atoms with Gasteiger partial charge in [-0.1, -0.05) is 33.3 Å². The number of halogens is 1. The molecule has 0 bridgehead atoms. The monoisotopic (exact) mass is 353 g/mol. The van der Waals surface area contributed by atoms with Crippen molar-refractivity contribution in [3.8, 4) is 5.75 Å². The van der Waals surface area contributed by atoms with Crippen LogP contribution in [0.1, 0.15) is 23.8 Å². The number of ether oxygens (including phenoxy) is 1. The zero-order valence-corrected chi connectivity index (χ0v) is 12.9. The predicted octanol–water partition coefficient (Wildman–Crippen LogP) is 3.20. The van der Waals surface area contributed by atoms with Gasteiger partial charge in [0.2, 0.25) is 5.13 Å². The van der Waals surface area contributed by atoms with Crippen LogP contribution in [0.5, 0.6) is 5.75 Å². The Hall–Kier alpha value is -1.47. The summed E-state index contributed by atoms with van der Waals surface area (Å²) >= 11 is 4.79. The molecule has 1 aromatic heterocycles. The maximum absolute atomic E-state index is 11.8. The maximum atomic E-state index is 11.8. The van der Waals surface area contributed by atoms with Gasteiger partial charge in [0.15, 0.2) is 6.61 Å². The molecule has 2 aromatic rings. The zero-order chi connectivity index (χ0) is 13.9. The van der Waals surface area contributed by atoms with E-state index in [9.17, 15) is 4.79 Å². The smallest absolute Gasteiger partial charge is 0.264 e. The van der Waals surface area contributed by atoms with Crippen LogP contribution >= 0.6 is 27.3 Å². The van der Waals surface area contributed by atoms with Gasteiger partial charge in [-0.15, -0.1) is 10.2 Å². The molecule has 1 aliphatic rings. The van der Waals surface area contributed by atoms with Gasteiger partial charge in [0.1, 0.15) is 10.8 Å². The molecule has 0 aliphatic heterocycles. The van der Waals surface area contributed by atoms with Crippen molar-refractivity contribution in [3.05, 3.63) is 33.7 Å². The van der Waals surface area contributed by atoms with E-state index < -0.39 is 0 Å². The van der Waals surface area contributed by atoms with E-state index in [2.05, 4.69) is 31.4 Å². The minimum Gasteiger partial charge on any atom is -0.484 e. The van der Waals surface area contributed by atoms with Gasteiger partial charge in [-0.05, 0) is 31.0 Å². The zero-order valence-electron chi connectivity index (χ0n) is 10.5. The Morgan fingerprint density at radius 2 is 2.30 bits per heavy atom. The highest BCUT2D eigenvalue weighted by atomic mass is 79.9. The largest absolute Gasteiger partial charge is 0.484 e. The molecule has 3 rings (SSSR count). The molecule has 0 atom stereocenters. The molecule has 0 saturated heterocycles. The Bertz CT molecular complexity index is 628. The molecule has 1 N–H and O–H groups in total. The van der Waals surface area contributed by atoms with Crippen LogP contribution < -0.4 is 10.1 Å². The molecule has 104 valence electrons. The molecule has 1 saturated carbocycles. The molecule has 7 heteroatoms. The van der Waals surface area contributed by atoms with Crippen molar-refractivity contribution in [2.45, 2.75) is 18.8 Å². The molecule has 1 aromatic carbocycles. The molecule has 5 nitrogen and oxygen atoms in total. The Morgan fingerprint density at radius 3 is 3.05 bits per heavy atom. The highest BCUT2D eigenvalue weighted by Gasteiger charge is 2.27. The fourth-order valence-electron chi connectivity index (χ4n) is 1.64. The third-order valence-electron chi connectivity index (χ3n) is 2.78. The molecule has 1 aliphatic carbocycles. The van der Waals surface area contributed by atoms with Crippen molar-refractivity contribution >= 4 is 38.3 Å². The lowest BCUT2D eigenvalue weighted by molar-refractivity contribution is -0.118. The second-order valence-corrected chi connectivity index (χ2v) is 6.44. The van der Waals surface area contributed by atoms with Crippen molar-refractivity contribution in [3.63, 3.8) is 0 Å². The van der Waals surface area contributed by atoms with Gasteiger partial charge >= 0.3 is 0 Å². The third-order valence-corrected chi connectivity index (χ3v) is 4.27. The van der Waals surface area contributed by atoms with Crippen LogP contribution in [0.2, 0.25) is 0 Å². The van der Waals surface area contributed by atoms with Crippen molar-refractivity contribution < 1.29 is 9.53 Å². The van der Waals surface area contributed by atoms with Crippen molar-refractivity contribution in [1.29, 1.82) is 0 Å². The van der Waals surface area contributed by atoms with E-state index in [0.29, 0.717) is 16.8 Å². The lowest BCUT2D eigenvalue weighted by Gasteiger charge is -2.05. The van der Waals surface area contributed by atoms with E-state index in [4.69, 9.17) is 4.74 Å². The first-order chi connectivity index (χ1) is 9.70. The molecule has 0 unspecified atom stereocenters. The maximum Gasteiger partial charge on any atom is 0.264 e. The lowest BCUT2D eigenvalue weighted by Crippen LogP contribution is -2.20. The normalized spacial score (nSPS) is 14.1. The molecule has 1 amide bonds. The summed E-state index contributed by atoms with van der Waals surface area (Å²) in [6.45, 7) is -0.0468. The number of benzene rings is 1. The molecular formula is C13H12BrN3O2S. The van der Waals surface area contributed by atoms with Gasteiger partial charge in [0.25, 0.3) is 5.91 Å². The van der Waals surface area contributed by atoms with Crippen molar-refractivity contribution in [1.82, 2.24) is 10.2 Å². The molecule has 1 heterocycles. The van der Waals surface area contributed by atoms with E-state index in [1.165, 1.54) is 24.2 Å². The van der Waals surface area contributed by atoms with Gasteiger partial charge in [-0.2, -0.15) is 0 Å². The summed E-state index contributed by atoms with van der Waals surface area (Å²) < 4.78 is 6.31. The number of aromatic nitrogens is 2. The number of nitrogens with one attached hydrogen (secondary N) is 1. The van der Waals surface area contributed by atoms with Crippen molar-refractivity contribution in [2.75, 3.05) is 11.9 Å². The number of nitrogens with zero attached hydrogens (tertiary/aromatic N) is 2. The second-order valence-electron chi connectivity index (χ2n) is 4.51. The van der Waals surface area contributed by atoms with E-state index in [-0.39, 0.29) is 12.5 Å². The molecule has 0 spiro atoms. The number of carbonyl (C=O) groups excluding carboxylic acids is 1. The Labute approximate surface area is 128 Å². The first-order valence-electron chi connectivity index (χ1n) is 6.22. The Kier molecular flexibility index (Phi) is 3.98. The van der Waals surface area contributed by atoms with Crippen LogP contribution in [0.3, 0.4) is 0 Å². The minimum atomic E-state index is -0.233. The van der Waals surface area contributed by atoms with Crippen LogP contribution in [0.25, 0.3) is 0 Å². The van der Waals surface area contributed by atoms with Gasteiger partial charge in [-0.25, -0.2) is 0 Å². The van der Waals surface area contributed by atoms with Gasteiger partial charge in [0, 0.05) is 10.4 Å². The minimum absolute atomic E-state index is 0.0468. The quantitative estimate of drug-likeness (QED) is 0.896. The standard InChI is InChI=1S/C13H12BrN3O2S/c14-9-2-1-3-10(6-9)19-7-11(18)15-13-17-16-12(20-13)8-4-5-8/h1-3,6,8H,4-5,7H2,(H,15,17,18). The van der Waals surface area contributed by atoms with E-state index in [1.54, 1.807) is 6.07 Å². The van der Waals surface area contributed by atoms with Crippen LogP contribution in [-0.4, -0.2) is 22.7 Å². The number of amides is 1. The third kappa shape index (κ3) is 3.55. The fraction of sp³-hybridized carbons (Fsp3) is 0.308. The summed E-state index contributed by atoms with van der Waals surface area (Å²) in [5.74, 6) is 0.963. The van der Waals surface area contributed by atoms with Crippen LogP contribution in [-0.2, 0) is 4.79 Å². The summed E-state index contributed by atoms with van der Waals surface area (Å²) in [4.78, 5) is 11.8. The number of hydrogen-bond acceptors (Lipinski definition) is 5. The Balaban J connectivity index is 1.51. The van der Waals surface area contributed by atoms with Crippen molar-refractivity contribution in [2.24, 2.45) is 0 Å². The first kappa shape index (κ1) is 13.5. The highest BCUT2D eigenvalue weighted by molar-refractivity contribution is 9.10. The average molecular weight is 354 g/mol. The predicted molar refractivity (Wildman–Crippen MR) is 80.2 cm³/mol. The van der Waals surface area contributed by atoms with E-state index in [1.807, 2.05) is 18.2 Å². The molecule has 0 radical (unpaired) electrons. The second kappa shape index (κ2) is 5.88. The van der Waals surface area contributed by atoms with Gasteiger partial charge in [-0.3, -0.25) is 10.1 Å². The van der Waals surface area contributed by atoms with E-state index >= 15 is 0 Å². The number of anilines is 1. The number of hydrogen-bond donors (Lipinski definition) is 1. The van der Waals surface area contributed by atoms with E-state index in [0.717, 1.165) is 9.48 Å². The summed E-state index contributed by atoms with van der Waals surface area (Å²) in [6.07, 6.45) is 2.35. The van der Waals surface area contributed by atoms with Gasteiger partial charge in [0.05, 0.1) is 0 Å². The molecule has 1 fully saturated rings. The van der Waals surface area contributed by atoms with Gasteiger partial charge < -0.3 is 4.74 Å². The lowest BCUT2D eigenvalue weighted by atomic mass is 10.3. The SMILES string of the molecule is O=C(COc1cccc(Br)c1)Nc1nnc(C2CC2)s1. The number of rotatable bonds is 5. The molecule has 20 heavy (non-hydrogen) atoms. The van der Waals surface area contributed by atoms with Crippen LogP contribution in [0.4, 0.5) is 5.13 Å². The summed E-state index contributed by atoms with van der Waals surface area (Å²) in [6, 6.07) is 7.36. The molecular weight excluding hydrogens is 342 g/mol.